The minimum atomic E-state index is -0.842. The summed E-state index contributed by atoms with van der Waals surface area (Å²) in [6, 6.07) is 24.6. The molecule has 53 heavy (non-hydrogen) atoms. The molecule has 2 atom stereocenters. The first-order valence-electron chi connectivity index (χ1n) is 17.6. The van der Waals surface area contributed by atoms with Gasteiger partial charge in [0.15, 0.2) is 0 Å². The number of urea groups is 1. The van der Waals surface area contributed by atoms with E-state index in [2.05, 4.69) is 16.0 Å². The number of ether oxygens (including phenoxy) is 1. The van der Waals surface area contributed by atoms with Crippen molar-refractivity contribution in [3.8, 4) is 5.75 Å². The van der Waals surface area contributed by atoms with Gasteiger partial charge in [-0.15, -0.1) is 0 Å². The lowest BCUT2D eigenvalue weighted by Gasteiger charge is -2.47. The number of fused-ring (bicyclic) bond motifs is 2. The van der Waals surface area contributed by atoms with E-state index in [-0.39, 0.29) is 49.9 Å². The Morgan fingerprint density at radius 2 is 1.64 bits per heavy atom. The van der Waals surface area contributed by atoms with Crippen LogP contribution in [0.25, 0.3) is 10.8 Å². The molecule has 4 aromatic carbocycles. The Kier molecular flexibility index (Phi) is 12.0. The average Bonchev–Trinajstić information content (AvgIpc) is 3.45. The molecule has 0 radical (unpaired) electrons. The van der Waals surface area contributed by atoms with Gasteiger partial charge in [-0.25, -0.2) is 9.59 Å². The number of benzene rings is 4. The molecule has 2 aliphatic heterocycles. The van der Waals surface area contributed by atoms with Gasteiger partial charge in [0.2, 0.25) is 11.8 Å². The van der Waals surface area contributed by atoms with E-state index in [1.165, 1.54) is 0 Å². The van der Waals surface area contributed by atoms with Crippen molar-refractivity contribution in [3.63, 3.8) is 0 Å². The normalized spacial score (nSPS) is 17.3. The predicted octanol–water partition coefficient (Wildman–Crippen LogP) is 5.41. The number of hydrazine groups is 1. The van der Waals surface area contributed by atoms with Gasteiger partial charge in [0.05, 0.1) is 23.1 Å². The molecule has 2 aliphatic rings. The fraction of sp³-hybridized carbons (Fsp3) is 0.333. The van der Waals surface area contributed by atoms with Crippen LogP contribution in [-0.4, -0.2) is 95.2 Å². The van der Waals surface area contributed by atoms with Gasteiger partial charge < -0.3 is 30.5 Å². The van der Waals surface area contributed by atoms with E-state index < -0.39 is 18.3 Å². The second kappa shape index (κ2) is 16.9. The molecule has 3 N–H and O–H groups in total. The van der Waals surface area contributed by atoms with E-state index in [9.17, 15) is 19.2 Å². The van der Waals surface area contributed by atoms with Gasteiger partial charge in [-0.3, -0.25) is 14.6 Å². The second-order valence-corrected chi connectivity index (χ2v) is 14.2. The molecule has 5 amide bonds. The zero-order valence-electron chi connectivity index (χ0n) is 29.9. The van der Waals surface area contributed by atoms with Crippen LogP contribution in [0.4, 0.5) is 9.59 Å². The van der Waals surface area contributed by atoms with Crippen molar-refractivity contribution >= 4 is 57.9 Å². The first kappa shape index (κ1) is 37.9. The predicted molar refractivity (Wildman–Crippen MR) is 204 cm³/mol. The van der Waals surface area contributed by atoms with E-state index in [0.717, 1.165) is 27.5 Å². The summed E-state index contributed by atoms with van der Waals surface area (Å²) in [7, 11) is 1.79. The van der Waals surface area contributed by atoms with Crippen LogP contribution in [0, 0.1) is 0 Å². The summed E-state index contributed by atoms with van der Waals surface area (Å²) in [5.74, 6) is -0.0860. The van der Waals surface area contributed by atoms with Gasteiger partial charge >= 0.3 is 12.1 Å². The lowest BCUT2D eigenvalue weighted by atomic mass is 9.99. The van der Waals surface area contributed by atoms with Crippen LogP contribution in [0.5, 0.6) is 5.75 Å². The Bertz CT molecular complexity index is 1970. The number of nitrogens with one attached hydrogen (secondary N) is 3. The molecule has 0 bridgehead atoms. The monoisotopic (exact) mass is 759 g/mol. The van der Waals surface area contributed by atoms with Crippen LogP contribution < -0.4 is 20.7 Å². The molecule has 0 aromatic heterocycles. The average molecular weight is 761 g/mol. The van der Waals surface area contributed by atoms with E-state index in [1.807, 2.05) is 56.3 Å². The maximum atomic E-state index is 14.5. The molecule has 2 heterocycles. The third-order valence-electron chi connectivity index (χ3n) is 9.42. The third kappa shape index (κ3) is 8.68. The largest absolute Gasteiger partial charge is 0.412 e. The van der Waals surface area contributed by atoms with Gasteiger partial charge in [-0.2, -0.15) is 5.01 Å². The van der Waals surface area contributed by atoms with Gasteiger partial charge in [-0.05, 0) is 72.6 Å². The SMILES string of the molecule is CNCCNC(=O)Oc1ccc(C[C@H]2C(=O)N(Cc3cccc4ccccc34)C[C@H]3N2C(=O)CN3N(C(=O)NCc2ccc(Cl)c(Cl)c2)C(C)C)cc1. The summed E-state index contributed by atoms with van der Waals surface area (Å²) in [4.78, 5) is 57.9. The van der Waals surface area contributed by atoms with Crippen LogP contribution >= 0.6 is 23.2 Å². The number of carbonyl (C=O) groups excluding carboxylic acids is 4. The standard InChI is InChI=1S/C39H43Cl2N7O5/c1-25(2)48(38(51)44-21-27-13-16-32(40)33(41)19-27)46-24-36(49)47-34(20-26-11-14-30(15-12-26)53-39(52)43-18-17-42-3)37(50)45(23-35(46)47)22-29-9-6-8-28-7-4-5-10-31(28)29/h4-16,19,25,34-35,42H,17-18,20-24H2,1-3H3,(H,43,52)(H,44,51)/t34-,35+/m0/s1. The summed E-state index contributed by atoms with van der Waals surface area (Å²) in [6.07, 6.45) is -0.955. The Hall–Kier alpha value is -4.88. The van der Waals surface area contributed by atoms with Crippen molar-refractivity contribution in [2.24, 2.45) is 0 Å². The van der Waals surface area contributed by atoms with Gasteiger partial charge in [-0.1, -0.05) is 83.9 Å². The maximum absolute atomic E-state index is 14.5. The summed E-state index contributed by atoms with van der Waals surface area (Å²) in [5, 5.41) is 14.8. The number of nitrogens with zero attached hydrogens (tertiary/aromatic N) is 4. The number of hydrogen-bond donors (Lipinski definition) is 3. The van der Waals surface area contributed by atoms with Crippen molar-refractivity contribution in [2.45, 2.75) is 51.6 Å². The number of hydrogen-bond acceptors (Lipinski definition) is 7. The van der Waals surface area contributed by atoms with Crippen LogP contribution in [0.2, 0.25) is 10.0 Å². The number of halogens is 2. The fourth-order valence-electron chi connectivity index (χ4n) is 6.91. The molecular formula is C39H43Cl2N7O5. The number of amides is 5. The van der Waals surface area contributed by atoms with Crippen LogP contribution in [-0.2, 0) is 29.1 Å². The smallest absolute Gasteiger partial charge is 0.410 e. The minimum Gasteiger partial charge on any atom is -0.410 e. The molecule has 4 aromatic rings. The zero-order chi connectivity index (χ0) is 37.6. The fourth-order valence-corrected chi connectivity index (χ4v) is 7.23. The third-order valence-corrected chi connectivity index (χ3v) is 10.2. The molecule has 2 fully saturated rings. The molecular weight excluding hydrogens is 717 g/mol. The van der Waals surface area contributed by atoms with Crippen molar-refractivity contribution in [1.82, 2.24) is 35.8 Å². The molecule has 0 spiro atoms. The van der Waals surface area contributed by atoms with Crippen molar-refractivity contribution in [3.05, 3.63) is 112 Å². The summed E-state index contributed by atoms with van der Waals surface area (Å²) < 4.78 is 5.40. The van der Waals surface area contributed by atoms with Gasteiger partial charge in [0, 0.05) is 38.6 Å². The van der Waals surface area contributed by atoms with Crippen LogP contribution in [0.3, 0.4) is 0 Å². The quantitative estimate of drug-likeness (QED) is 0.165. The molecule has 2 saturated heterocycles. The number of likely N-dealkylation sites (N-methyl/N-ethyl adjacent to an activating group) is 1. The number of carbonyl (C=O) groups is 4. The van der Waals surface area contributed by atoms with E-state index in [4.69, 9.17) is 27.9 Å². The van der Waals surface area contributed by atoms with Crippen molar-refractivity contribution in [2.75, 3.05) is 33.2 Å². The Morgan fingerprint density at radius 1 is 0.906 bits per heavy atom. The highest BCUT2D eigenvalue weighted by atomic mass is 35.5. The van der Waals surface area contributed by atoms with E-state index >= 15 is 0 Å². The van der Waals surface area contributed by atoms with Crippen LogP contribution in [0.15, 0.2) is 84.9 Å². The molecule has 0 aliphatic carbocycles. The highest BCUT2D eigenvalue weighted by Gasteiger charge is 2.52. The summed E-state index contributed by atoms with van der Waals surface area (Å²) >= 11 is 12.3. The van der Waals surface area contributed by atoms with Crippen molar-refractivity contribution < 1.29 is 23.9 Å². The van der Waals surface area contributed by atoms with E-state index in [0.29, 0.717) is 35.4 Å². The van der Waals surface area contributed by atoms with Crippen molar-refractivity contribution in [1.29, 1.82) is 0 Å². The Balaban J connectivity index is 1.27. The molecule has 0 saturated carbocycles. The molecule has 14 heteroatoms. The zero-order valence-corrected chi connectivity index (χ0v) is 31.4. The first-order valence-corrected chi connectivity index (χ1v) is 18.3. The molecule has 0 unspecified atom stereocenters. The number of rotatable bonds is 12. The highest BCUT2D eigenvalue weighted by Crippen LogP contribution is 2.32. The lowest BCUT2D eigenvalue weighted by molar-refractivity contribution is -0.158. The molecule has 278 valence electrons. The molecule has 12 nitrogen and oxygen atoms in total. The van der Waals surface area contributed by atoms with Crippen LogP contribution in [0.1, 0.15) is 30.5 Å². The molecule has 6 rings (SSSR count). The number of piperazine rings is 1. The first-order chi connectivity index (χ1) is 25.5. The summed E-state index contributed by atoms with van der Waals surface area (Å²) in [5.41, 5.74) is 2.53. The highest BCUT2D eigenvalue weighted by molar-refractivity contribution is 6.42. The Morgan fingerprint density at radius 3 is 2.38 bits per heavy atom. The van der Waals surface area contributed by atoms with Gasteiger partial charge in [0.25, 0.3) is 0 Å². The lowest BCUT2D eigenvalue weighted by Crippen LogP contribution is -2.66. The van der Waals surface area contributed by atoms with Gasteiger partial charge in [0.1, 0.15) is 18.0 Å². The topological polar surface area (TPSA) is 127 Å². The summed E-state index contributed by atoms with van der Waals surface area (Å²) in [6.45, 7) is 5.43. The Labute approximate surface area is 318 Å². The maximum Gasteiger partial charge on any atom is 0.412 e. The van der Waals surface area contributed by atoms with E-state index in [1.54, 1.807) is 69.3 Å². The second-order valence-electron chi connectivity index (χ2n) is 13.4. The minimum absolute atomic E-state index is 0.0790.